The maximum atomic E-state index is 11.6. The monoisotopic (exact) mass is 321 g/mol. The van der Waals surface area contributed by atoms with Gasteiger partial charge in [-0.3, -0.25) is 4.79 Å². The minimum Gasteiger partial charge on any atom is -0.494 e. The molecule has 1 fully saturated rings. The molecule has 0 unspecified atom stereocenters. The molecule has 0 aliphatic carbocycles. The predicted octanol–water partition coefficient (Wildman–Crippen LogP) is 2.56. The number of carbonyl (C=O) groups excluding carboxylic acids is 1. The Morgan fingerprint density at radius 2 is 2.32 bits per heavy atom. The molecule has 7 heteroatoms. The lowest BCUT2D eigenvalue weighted by Gasteiger charge is -2.13. The lowest BCUT2D eigenvalue weighted by atomic mass is 10.2. The van der Waals surface area contributed by atoms with Gasteiger partial charge in [0.05, 0.1) is 17.7 Å². The maximum absolute atomic E-state index is 11.6. The first-order valence-electron chi connectivity index (χ1n) is 7.12. The molecule has 0 saturated carbocycles. The molecule has 116 valence electrons. The molecule has 3 rings (SSSR count). The summed E-state index contributed by atoms with van der Waals surface area (Å²) < 4.78 is 10.5. The van der Waals surface area contributed by atoms with Crippen molar-refractivity contribution in [2.45, 2.75) is 19.3 Å². The Morgan fingerprint density at radius 3 is 3.05 bits per heavy atom. The van der Waals surface area contributed by atoms with Gasteiger partial charge in [-0.1, -0.05) is 22.8 Å². The number of hydrogen-bond acceptors (Lipinski definition) is 5. The van der Waals surface area contributed by atoms with Gasteiger partial charge in [0.2, 0.25) is 17.6 Å². The number of aromatic nitrogens is 2. The lowest BCUT2D eigenvalue weighted by Crippen LogP contribution is -2.26. The van der Waals surface area contributed by atoms with Crippen molar-refractivity contribution in [1.82, 2.24) is 15.0 Å². The number of ether oxygens (including phenoxy) is 1. The van der Waals surface area contributed by atoms with E-state index in [1.54, 1.807) is 19.2 Å². The summed E-state index contributed by atoms with van der Waals surface area (Å²) in [5, 5.41) is 4.47. The van der Waals surface area contributed by atoms with E-state index in [1.165, 1.54) is 0 Å². The summed E-state index contributed by atoms with van der Waals surface area (Å²) in [5.74, 6) is 1.64. The summed E-state index contributed by atoms with van der Waals surface area (Å²) in [6.45, 7) is 1.41. The van der Waals surface area contributed by atoms with Crippen LogP contribution in [0, 0.1) is 0 Å². The Kier molecular flexibility index (Phi) is 4.29. The van der Waals surface area contributed by atoms with Gasteiger partial charge < -0.3 is 14.2 Å². The van der Waals surface area contributed by atoms with Gasteiger partial charge in [-0.05, 0) is 18.6 Å². The van der Waals surface area contributed by atoms with E-state index in [9.17, 15) is 4.79 Å². The van der Waals surface area contributed by atoms with Gasteiger partial charge in [0.1, 0.15) is 5.75 Å². The fourth-order valence-corrected chi connectivity index (χ4v) is 2.78. The van der Waals surface area contributed by atoms with Gasteiger partial charge in [0.25, 0.3) is 0 Å². The zero-order valence-electron chi connectivity index (χ0n) is 12.2. The van der Waals surface area contributed by atoms with Gasteiger partial charge in [-0.2, -0.15) is 4.98 Å². The maximum Gasteiger partial charge on any atom is 0.228 e. The number of nitrogens with zero attached hydrogens (tertiary/aromatic N) is 3. The normalized spacial score (nSPS) is 14.6. The molecule has 1 aromatic heterocycles. The highest BCUT2D eigenvalue weighted by Crippen LogP contribution is 2.34. The van der Waals surface area contributed by atoms with Gasteiger partial charge in [-0.15, -0.1) is 0 Å². The number of halogens is 1. The van der Waals surface area contributed by atoms with Crippen LogP contribution in [0.15, 0.2) is 22.7 Å². The quantitative estimate of drug-likeness (QED) is 0.846. The van der Waals surface area contributed by atoms with E-state index < -0.39 is 0 Å². The van der Waals surface area contributed by atoms with E-state index in [4.69, 9.17) is 20.9 Å². The first-order chi connectivity index (χ1) is 10.7. The largest absolute Gasteiger partial charge is 0.494 e. The van der Waals surface area contributed by atoms with E-state index in [2.05, 4.69) is 10.1 Å². The Labute approximate surface area is 133 Å². The van der Waals surface area contributed by atoms with Crippen molar-refractivity contribution in [3.05, 3.63) is 29.1 Å². The van der Waals surface area contributed by atoms with Crippen molar-refractivity contribution >= 4 is 17.5 Å². The molecule has 1 aromatic carbocycles. The molecule has 0 bridgehead atoms. The highest BCUT2D eigenvalue weighted by Gasteiger charge is 2.21. The van der Waals surface area contributed by atoms with Crippen molar-refractivity contribution in [1.29, 1.82) is 0 Å². The highest BCUT2D eigenvalue weighted by molar-refractivity contribution is 6.32. The first-order valence-corrected chi connectivity index (χ1v) is 7.50. The van der Waals surface area contributed by atoms with Crippen LogP contribution in [0.25, 0.3) is 11.4 Å². The van der Waals surface area contributed by atoms with Crippen LogP contribution in [-0.2, 0) is 11.2 Å². The van der Waals surface area contributed by atoms with Crippen molar-refractivity contribution in [2.24, 2.45) is 0 Å². The summed E-state index contributed by atoms with van der Waals surface area (Å²) in [6.07, 6.45) is 2.10. The SMILES string of the molecule is COc1c(Cl)cccc1-c1noc(CCN2CCCC2=O)n1. The van der Waals surface area contributed by atoms with Crippen LogP contribution in [0.5, 0.6) is 5.75 Å². The molecule has 0 atom stereocenters. The molecule has 0 radical (unpaired) electrons. The standard InChI is InChI=1S/C15H16ClN3O3/c1-21-14-10(4-2-5-11(14)16)15-17-12(22-18-15)7-9-19-8-3-6-13(19)20/h2,4-5H,3,6-9H2,1H3. The molecular formula is C15H16ClN3O3. The van der Waals surface area contributed by atoms with E-state index in [0.717, 1.165) is 13.0 Å². The summed E-state index contributed by atoms with van der Waals surface area (Å²) in [7, 11) is 1.55. The third kappa shape index (κ3) is 2.92. The van der Waals surface area contributed by atoms with Crippen LogP contribution in [0.3, 0.4) is 0 Å². The number of carbonyl (C=O) groups is 1. The number of para-hydroxylation sites is 1. The second-order valence-electron chi connectivity index (χ2n) is 5.07. The molecule has 2 aromatic rings. The number of benzene rings is 1. The Bertz CT molecular complexity index is 686. The van der Waals surface area contributed by atoms with Gasteiger partial charge in [0.15, 0.2) is 0 Å². The zero-order chi connectivity index (χ0) is 15.5. The number of rotatable bonds is 5. The second kappa shape index (κ2) is 6.36. The third-order valence-electron chi connectivity index (χ3n) is 3.65. The molecule has 1 saturated heterocycles. The lowest BCUT2D eigenvalue weighted by molar-refractivity contribution is -0.127. The van der Waals surface area contributed by atoms with Gasteiger partial charge in [-0.25, -0.2) is 0 Å². The summed E-state index contributed by atoms with van der Waals surface area (Å²) in [4.78, 5) is 17.8. The van der Waals surface area contributed by atoms with Crippen LogP contribution in [-0.4, -0.2) is 41.1 Å². The van der Waals surface area contributed by atoms with E-state index in [1.807, 2.05) is 11.0 Å². The molecule has 1 aliphatic rings. The van der Waals surface area contributed by atoms with Crippen molar-refractivity contribution in [3.63, 3.8) is 0 Å². The van der Waals surface area contributed by atoms with Gasteiger partial charge >= 0.3 is 0 Å². The fraction of sp³-hybridized carbons (Fsp3) is 0.400. The molecule has 22 heavy (non-hydrogen) atoms. The first kappa shape index (κ1) is 14.8. The molecule has 0 N–H and O–H groups in total. The van der Waals surface area contributed by atoms with Crippen LogP contribution in [0.1, 0.15) is 18.7 Å². The minimum absolute atomic E-state index is 0.191. The molecular weight excluding hydrogens is 306 g/mol. The van der Waals surface area contributed by atoms with Gasteiger partial charge in [0, 0.05) is 25.9 Å². The predicted molar refractivity (Wildman–Crippen MR) is 80.8 cm³/mol. The van der Waals surface area contributed by atoms with Crippen LogP contribution < -0.4 is 4.74 Å². The average Bonchev–Trinajstić information content (AvgIpc) is 3.14. The number of hydrogen-bond donors (Lipinski definition) is 0. The third-order valence-corrected chi connectivity index (χ3v) is 3.94. The fourth-order valence-electron chi connectivity index (χ4n) is 2.53. The van der Waals surface area contributed by atoms with Crippen molar-refractivity contribution in [3.8, 4) is 17.1 Å². The summed E-state index contributed by atoms with van der Waals surface area (Å²) in [6, 6.07) is 5.37. The Hall–Kier alpha value is -2.08. The number of amides is 1. The number of likely N-dealkylation sites (tertiary alicyclic amines) is 1. The smallest absolute Gasteiger partial charge is 0.228 e. The van der Waals surface area contributed by atoms with Crippen molar-refractivity contribution in [2.75, 3.05) is 20.2 Å². The Balaban J connectivity index is 1.74. The highest BCUT2D eigenvalue weighted by atomic mass is 35.5. The molecule has 0 spiro atoms. The molecule has 1 aliphatic heterocycles. The molecule has 2 heterocycles. The van der Waals surface area contributed by atoms with Crippen LogP contribution >= 0.6 is 11.6 Å². The topological polar surface area (TPSA) is 68.5 Å². The summed E-state index contributed by atoms with van der Waals surface area (Å²) >= 11 is 6.09. The van der Waals surface area contributed by atoms with E-state index >= 15 is 0 Å². The zero-order valence-corrected chi connectivity index (χ0v) is 13.0. The van der Waals surface area contributed by atoms with Crippen LogP contribution in [0.4, 0.5) is 0 Å². The average molecular weight is 322 g/mol. The van der Waals surface area contributed by atoms with Crippen LogP contribution in [0.2, 0.25) is 5.02 Å². The minimum atomic E-state index is 0.191. The molecule has 6 nitrogen and oxygen atoms in total. The Morgan fingerprint density at radius 1 is 1.45 bits per heavy atom. The van der Waals surface area contributed by atoms with E-state index in [-0.39, 0.29) is 5.91 Å². The van der Waals surface area contributed by atoms with E-state index in [0.29, 0.717) is 47.4 Å². The number of methoxy groups -OCH3 is 1. The summed E-state index contributed by atoms with van der Waals surface area (Å²) in [5.41, 5.74) is 0.683. The second-order valence-corrected chi connectivity index (χ2v) is 5.47. The van der Waals surface area contributed by atoms with Crippen molar-refractivity contribution < 1.29 is 14.1 Å². The molecule has 1 amide bonds.